The fourth-order valence-corrected chi connectivity index (χ4v) is 4.25. The van der Waals surface area contributed by atoms with E-state index in [0.29, 0.717) is 5.56 Å². The van der Waals surface area contributed by atoms with Crippen molar-refractivity contribution < 1.29 is 19.1 Å². The molecule has 0 aliphatic carbocycles. The lowest BCUT2D eigenvalue weighted by atomic mass is 9.68. The molecule has 1 saturated heterocycles. The molecule has 2 heterocycles. The van der Waals surface area contributed by atoms with Gasteiger partial charge < -0.3 is 15.3 Å². The van der Waals surface area contributed by atoms with E-state index in [2.05, 4.69) is 10.3 Å². The average molecular weight is 453 g/mol. The first-order valence-corrected chi connectivity index (χ1v) is 10.8. The number of aliphatic hydroxyl groups is 1. The highest BCUT2D eigenvalue weighted by Gasteiger charge is 2.51. The van der Waals surface area contributed by atoms with Gasteiger partial charge in [-0.3, -0.25) is 14.6 Å². The predicted molar refractivity (Wildman–Crippen MR) is 120 cm³/mol. The number of halogens is 1. The summed E-state index contributed by atoms with van der Waals surface area (Å²) in [4.78, 5) is 31.4. The highest BCUT2D eigenvalue weighted by Crippen LogP contribution is 2.45. The molecule has 1 aromatic heterocycles. The largest absolute Gasteiger partial charge is 0.383 e. The van der Waals surface area contributed by atoms with Gasteiger partial charge >= 0.3 is 0 Å². The van der Waals surface area contributed by atoms with Crippen LogP contribution in [0, 0.1) is 22.6 Å². The molecule has 1 fully saturated rings. The Hall–Kier alpha value is -3.31. The highest BCUT2D eigenvalue weighted by molar-refractivity contribution is 5.95. The van der Waals surface area contributed by atoms with Gasteiger partial charge in [0.05, 0.1) is 5.69 Å². The van der Waals surface area contributed by atoms with Crippen molar-refractivity contribution >= 4 is 11.8 Å². The zero-order valence-corrected chi connectivity index (χ0v) is 19.4. The summed E-state index contributed by atoms with van der Waals surface area (Å²) in [7, 11) is 0. The maximum atomic E-state index is 14.2. The predicted octanol–water partition coefficient (Wildman–Crippen LogP) is 3.14. The molecule has 8 heteroatoms. The molecule has 0 spiro atoms. The fourth-order valence-electron chi connectivity index (χ4n) is 4.25. The SMILES string of the molecule is CC(C)(CC(=O)N1CCC(O)(c2cc(F)c(C#N)cn2)C(C)(C)C1)NC(=O)c1ccccc1. The Balaban J connectivity index is 1.70. The van der Waals surface area contributed by atoms with Crippen molar-refractivity contribution in [1.29, 1.82) is 5.26 Å². The zero-order valence-electron chi connectivity index (χ0n) is 19.4. The molecular formula is C25H29FN4O3. The normalized spacial score (nSPS) is 20.1. The lowest BCUT2D eigenvalue weighted by Crippen LogP contribution is -2.58. The van der Waals surface area contributed by atoms with E-state index in [9.17, 15) is 19.1 Å². The maximum absolute atomic E-state index is 14.2. The van der Waals surface area contributed by atoms with Crippen LogP contribution in [0.5, 0.6) is 0 Å². The number of hydrogen-bond donors (Lipinski definition) is 2. The third-order valence-corrected chi connectivity index (χ3v) is 6.28. The second kappa shape index (κ2) is 8.91. The molecule has 174 valence electrons. The number of amides is 2. The summed E-state index contributed by atoms with van der Waals surface area (Å²) >= 11 is 0. The van der Waals surface area contributed by atoms with Crippen LogP contribution in [0.3, 0.4) is 0 Å². The van der Waals surface area contributed by atoms with Crippen LogP contribution in [-0.2, 0) is 10.4 Å². The van der Waals surface area contributed by atoms with Crippen molar-refractivity contribution in [3.8, 4) is 6.07 Å². The van der Waals surface area contributed by atoms with Gasteiger partial charge in [0.25, 0.3) is 5.91 Å². The zero-order chi connectivity index (χ0) is 24.4. The summed E-state index contributed by atoms with van der Waals surface area (Å²) in [5.41, 5.74) is -2.59. The number of hydrogen-bond acceptors (Lipinski definition) is 5. The third kappa shape index (κ3) is 5.04. The van der Waals surface area contributed by atoms with Crippen molar-refractivity contribution in [2.75, 3.05) is 13.1 Å². The summed E-state index contributed by atoms with van der Waals surface area (Å²) in [6.07, 6.45) is 1.37. The number of benzene rings is 1. The summed E-state index contributed by atoms with van der Waals surface area (Å²) in [5, 5.41) is 23.3. The molecule has 1 unspecified atom stereocenters. The Kier molecular flexibility index (Phi) is 6.57. The van der Waals surface area contributed by atoms with E-state index in [1.807, 2.05) is 6.07 Å². The summed E-state index contributed by atoms with van der Waals surface area (Å²) in [6, 6.07) is 11.6. The van der Waals surface area contributed by atoms with Crippen molar-refractivity contribution in [3.63, 3.8) is 0 Å². The van der Waals surface area contributed by atoms with Crippen LogP contribution in [0.2, 0.25) is 0 Å². The molecule has 2 N–H and O–H groups in total. The number of likely N-dealkylation sites (tertiary alicyclic amines) is 1. The molecule has 2 amide bonds. The van der Waals surface area contributed by atoms with E-state index in [0.717, 1.165) is 12.3 Å². The van der Waals surface area contributed by atoms with Crippen molar-refractivity contribution in [2.45, 2.75) is 51.7 Å². The Morgan fingerprint density at radius 2 is 1.97 bits per heavy atom. The fraction of sp³-hybridized carbons (Fsp3) is 0.440. The van der Waals surface area contributed by atoms with Gasteiger partial charge in [0.15, 0.2) is 0 Å². The van der Waals surface area contributed by atoms with Crippen LogP contribution in [0.15, 0.2) is 42.6 Å². The van der Waals surface area contributed by atoms with Gasteiger partial charge in [-0.1, -0.05) is 32.0 Å². The average Bonchev–Trinajstić information content (AvgIpc) is 2.75. The number of nitrogens with zero attached hydrogens (tertiary/aromatic N) is 3. The first-order chi connectivity index (χ1) is 15.4. The molecule has 7 nitrogen and oxygen atoms in total. The number of rotatable bonds is 5. The molecule has 1 aliphatic rings. The van der Waals surface area contributed by atoms with Gasteiger partial charge in [-0.25, -0.2) is 4.39 Å². The van der Waals surface area contributed by atoms with E-state index in [4.69, 9.17) is 5.26 Å². The van der Waals surface area contributed by atoms with Crippen molar-refractivity contribution in [1.82, 2.24) is 15.2 Å². The van der Waals surface area contributed by atoms with Crippen LogP contribution in [0.4, 0.5) is 4.39 Å². The molecular weight excluding hydrogens is 423 g/mol. The molecule has 0 bridgehead atoms. The number of aromatic nitrogens is 1. The monoisotopic (exact) mass is 452 g/mol. The maximum Gasteiger partial charge on any atom is 0.251 e. The summed E-state index contributed by atoms with van der Waals surface area (Å²) in [6.45, 7) is 7.67. The first-order valence-electron chi connectivity index (χ1n) is 10.8. The molecule has 0 radical (unpaired) electrons. The van der Waals surface area contributed by atoms with Gasteiger partial charge in [0.1, 0.15) is 23.1 Å². The van der Waals surface area contributed by atoms with E-state index >= 15 is 0 Å². The van der Waals surface area contributed by atoms with E-state index < -0.39 is 22.4 Å². The molecule has 1 aromatic carbocycles. The summed E-state index contributed by atoms with van der Waals surface area (Å²) in [5.74, 6) is -1.14. The van der Waals surface area contributed by atoms with E-state index in [1.165, 1.54) is 0 Å². The van der Waals surface area contributed by atoms with Gasteiger partial charge in [-0.2, -0.15) is 5.26 Å². The number of nitrogens with one attached hydrogen (secondary N) is 1. The minimum Gasteiger partial charge on any atom is -0.383 e. The number of pyridine rings is 1. The Labute approximate surface area is 193 Å². The van der Waals surface area contributed by atoms with Crippen LogP contribution in [0.1, 0.15) is 62.2 Å². The standard InChI is InChI=1S/C25H29FN4O3/c1-23(2)16-30(11-10-25(23,33)20-12-19(26)18(14-27)15-28-20)21(31)13-24(3,4)29-22(32)17-8-6-5-7-9-17/h5-9,12,15,33H,10-11,13,16H2,1-4H3,(H,29,32). The van der Waals surface area contributed by atoms with Crippen molar-refractivity contribution in [2.24, 2.45) is 5.41 Å². The molecule has 3 rings (SSSR count). The van der Waals surface area contributed by atoms with Gasteiger partial charge in [-0.15, -0.1) is 0 Å². The molecule has 1 aliphatic heterocycles. The minimum absolute atomic E-state index is 0.0871. The van der Waals surface area contributed by atoms with Gasteiger partial charge in [-0.05, 0) is 32.0 Å². The van der Waals surface area contributed by atoms with Gasteiger partial charge in [0.2, 0.25) is 5.91 Å². The number of nitriles is 1. The third-order valence-electron chi connectivity index (χ3n) is 6.28. The Morgan fingerprint density at radius 3 is 2.55 bits per heavy atom. The molecule has 1 atom stereocenters. The lowest BCUT2D eigenvalue weighted by Gasteiger charge is -2.50. The lowest BCUT2D eigenvalue weighted by molar-refractivity contribution is -0.155. The molecule has 2 aromatic rings. The van der Waals surface area contributed by atoms with Crippen LogP contribution < -0.4 is 5.32 Å². The molecule has 0 saturated carbocycles. The Morgan fingerprint density at radius 1 is 1.30 bits per heavy atom. The van der Waals surface area contributed by atoms with E-state index in [1.54, 1.807) is 62.9 Å². The van der Waals surface area contributed by atoms with E-state index in [-0.39, 0.29) is 49.0 Å². The number of carbonyl (C=O) groups excluding carboxylic acids is 2. The highest BCUT2D eigenvalue weighted by atomic mass is 19.1. The first kappa shape index (κ1) is 24.3. The van der Waals surface area contributed by atoms with Gasteiger partial charge in [0, 0.05) is 48.6 Å². The smallest absolute Gasteiger partial charge is 0.251 e. The second-order valence-electron chi connectivity index (χ2n) is 9.85. The van der Waals surface area contributed by atoms with Crippen molar-refractivity contribution in [3.05, 3.63) is 65.2 Å². The number of carbonyl (C=O) groups is 2. The molecule has 33 heavy (non-hydrogen) atoms. The van der Waals surface area contributed by atoms with Crippen LogP contribution in [0.25, 0.3) is 0 Å². The second-order valence-corrected chi connectivity index (χ2v) is 9.85. The van der Waals surface area contributed by atoms with Crippen LogP contribution in [-0.4, -0.2) is 45.4 Å². The quantitative estimate of drug-likeness (QED) is 0.725. The topological polar surface area (TPSA) is 106 Å². The summed E-state index contributed by atoms with van der Waals surface area (Å²) < 4.78 is 14.2. The number of piperidine rings is 1. The van der Waals surface area contributed by atoms with Crippen LogP contribution >= 0.6 is 0 Å². The Bertz CT molecular complexity index is 1090. The minimum atomic E-state index is -1.46.